The van der Waals surface area contributed by atoms with Crippen LogP contribution < -0.4 is 11.1 Å². The number of nitrogen functional groups attached to an aromatic ring is 1. The smallest absolute Gasteiger partial charge is 0.339 e. The number of nitrogens with one attached hydrogen (secondary N) is 1. The highest BCUT2D eigenvalue weighted by atomic mass is 16.5. The molecule has 0 spiro atoms. The summed E-state index contributed by atoms with van der Waals surface area (Å²) in [5.74, 6) is -0.521. The number of para-hydroxylation sites is 1. The second kappa shape index (κ2) is 9.69. The van der Waals surface area contributed by atoms with Crippen LogP contribution in [0.5, 0.6) is 0 Å². The third-order valence-corrected chi connectivity index (χ3v) is 4.85. The van der Waals surface area contributed by atoms with E-state index in [0.717, 1.165) is 11.3 Å². The number of carbonyl (C=O) groups is 2. The third-order valence-electron chi connectivity index (χ3n) is 4.85. The van der Waals surface area contributed by atoms with Crippen molar-refractivity contribution in [3.05, 3.63) is 107 Å². The van der Waals surface area contributed by atoms with Gasteiger partial charge in [0.1, 0.15) is 0 Å². The Bertz CT molecular complexity index is 1310. The van der Waals surface area contributed by atoms with Gasteiger partial charge in [0.25, 0.3) is 0 Å². The molecule has 3 N–H and O–H groups in total. The van der Waals surface area contributed by atoms with Gasteiger partial charge in [-0.25, -0.2) is 4.79 Å². The molecule has 0 unspecified atom stereocenters. The van der Waals surface area contributed by atoms with Crippen LogP contribution in [0, 0.1) is 6.92 Å². The van der Waals surface area contributed by atoms with E-state index < -0.39 is 5.97 Å². The number of benzene rings is 3. The molecule has 4 rings (SSSR count). The summed E-state index contributed by atoms with van der Waals surface area (Å²) in [6.07, 6.45) is 0. The predicted octanol–water partition coefficient (Wildman–Crippen LogP) is 4.09. The number of ketones is 1. The van der Waals surface area contributed by atoms with Crippen LogP contribution in [0.25, 0.3) is 0 Å². The van der Waals surface area contributed by atoms with Crippen molar-refractivity contribution in [3.8, 4) is 0 Å². The topological polar surface area (TPSA) is 120 Å². The molecule has 3 aromatic carbocycles. The lowest BCUT2D eigenvalue weighted by Gasteiger charge is -2.11. The molecule has 0 fully saturated rings. The molecule has 4 aromatic rings. The summed E-state index contributed by atoms with van der Waals surface area (Å²) in [6.45, 7) is 1.71. The Balaban J connectivity index is 1.50. The summed E-state index contributed by atoms with van der Waals surface area (Å²) < 4.78 is 5.40. The third kappa shape index (κ3) is 5.19. The number of hydrogen-bond acceptors (Lipinski definition) is 8. The average Bonchev–Trinajstić information content (AvgIpc) is 2.84. The molecule has 0 saturated carbocycles. The standard InChI is InChI=1S/C25H21N5O3/c1-16-9-5-8-14-20(16)27-25-29-21(28-24(26)30-25)15-33-23(32)19-13-7-6-12-18(19)22(31)17-10-3-2-4-11-17/h2-14H,15H2,1H3,(H3,26,27,28,29,30). The van der Waals surface area contributed by atoms with Crippen molar-refractivity contribution in [2.45, 2.75) is 13.5 Å². The molecule has 0 saturated heterocycles. The van der Waals surface area contributed by atoms with E-state index in [0.29, 0.717) is 5.56 Å². The molecular formula is C25H21N5O3. The van der Waals surface area contributed by atoms with E-state index in [9.17, 15) is 9.59 Å². The lowest BCUT2D eigenvalue weighted by molar-refractivity contribution is 0.0459. The Labute approximate surface area is 190 Å². The first kappa shape index (κ1) is 21.6. The molecule has 33 heavy (non-hydrogen) atoms. The molecule has 0 aliphatic carbocycles. The summed E-state index contributed by atoms with van der Waals surface area (Å²) in [6, 6.07) is 22.9. The van der Waals surface area contributed by atoms with Crippen molar-refractivity contribution in [3.63, 3.8) is 0 Å². The zero-order valence-electron chi connectivity index (χ0n) is 17.9. The van der Waals surface area contributed by atoms with E-state index in [-0.39, 0.29) is 41.2 Å². The largest absolute Gasteiger partial charge is 0.454 e. The molecule has 0 bridgehead atoms. The summed E-state index contributed by atoms with van der Waals surface area (Å²) in [5, 5.41) is 3.09. The van der Waals surface area contributed by atoms with Gasteiger partial charge >= 0.3 is 5.97 Å². The predicted molar refractivity (Wildman–Crippen MR) is 124 cm³/mol. The highest BCUT2D eigenvalue weighted by molar-refractivity contribution is 6.14. The maximum Gasteiger partial charge on any atom is 0.339 e. The van der Waals surface area contributed by atoms with Crippen LogP contribution >= 0.6 is 0 Å². The first-order valence-corrected chi connectivity index (χ1v) is 10.2. The van der Waals surface area contributed by atoms with Crippen LogP contribution in [-0.4, -0.2) is 26.7 Å². The molecule has 0 aliphatic rings. The number of esters is 1. The fraction of sp³-hybridized carbons (Fsp3) is 0.0800. The van der Waals surface area contributed by atoms with Gasteiger partial charge in [0.2, 0.25) is 11.9 Å². The van der Waals surface area contributed by atoms with Crippen molar-refractivity contribution in [2.24, 2.45) is 0 Å². The van der Waals surface area contributed by atoms with Crippen molar-refractivity contribution >= 4 is 29.3 Å². The fourth-order valence-electron chi connectivity index (χ4n) is 3.20. The van der Waals surface area contributed by atoms with Gasteiger partial charge in [0.15, 0.2) is 18.2 Å². The molecular weight excluding hydrogens is 418 g/mol. The van der Waals surface area contributed by atoms with Gasteiger partial charge in [-0.1, -0.05) is 66.7 Å². The average molecular weight is 439 g/mol. The second-order valence-corrected chi connectivity index (χ2v) is 7.19. The molecule has 8 heteroatoms. The normalized spacial score (nSPS) is 10.5. The van der Waals surface area contributed by atoms with Crippen molar-refractivity contribution in [1.82, 2.24) is 15.0 Å². The maximum atomic E-state index is 12.9. The SMILES string of the molecule is Cc1ccccc1Nc1nc(N)nc(COC(=O)c2ccccc2C(=O)c2ccccc2)n1. The van der Waals surface area contributed by atoms with E-state index in [1.165, 1.54) is 0 Å². The number of carbonyl (C=O) groups excluding carboxylic acids is 2. The lowest BCUT2D eigenvalue weighted by atomic mass is 9.98. The summed E-state index contributed by atoms with van der Waals surface area (Å²) >= 11 is 0. The van der Waals surface area contributed by atoms with Crippen LogP contribution in [0.1, 0.15) is 37.7 Å². The monoisotopic (exact) mass is 439 g/mol. The Morgan fingerprint density at radius 2 is 1.52 bits per heavy atom. The second-order valence-electron chi connectivity index (χ2n) is 7.19. The van der Waals surface area contributed by atoms with Gasteiger partial charge < -0.3 is 15.8 Å². The maximum absolute atomic E-state index is 12.9. The number of anilines is 3. The zero-order valence-corrected chi connectivity index (χ0v) is 17.9. The number of aryl methyl sites for hydroxylation is 1. The highest BCUT2D eigenvalue weighted by Crippen LogP contribution is 2.19. The van der Waals surface area contributed by atoms with Gasteiger partial charge in [-0.2, -0.15) is 15.0 Å². The number of rotatable bonds is 7. The van der Waals surface area contributed by atoms with E-state index in [1.54, 1.807) is 48.5 Å². The number of aromatic nitrogens is 3. The minimum absolute atomic E-state index is 0.00760. The Kier molecular flexibility index (Phi) is 6.36. The molecule has 1 heterocycles. The minimum atomic E-state index is -0.665. The fourth-order valence-corrected chi connectivity index (χ4v) is 3.20. The van der Waals surface area contributed by atoms with Crippen LogP contribution in [0.2, 0.25) is 0 Å². The van der Waals surface area contributed by atoms with E-state index >= 15 is 0 Å². The number of nitrogens with zero attached hydrogens (tertiary/aromatic N) is 3. The molecule has 0 atom stereocenters. The summed E-state index contributed by atoms with van der Waals surface area (Å²) in [7, 11) is 0. The quantitative estimate of drug-likeness (QED) is 0.326. The number of nitrogens with two attached hydrogens (primary N) is 1. The molecule has 0 aliphatic heterocycles. The molecule has 1 aromatic heterocycles. The van der Waals surface area contributed by atoms with Crippen molar-refractivity contribution in [2.75, 3.05) is 11.1 Å². The van der Waals surface area contributed by atoms with Crippen molar-refractivity contribution in [1.29, 1.82) is 0 Å². The van der Waals surface area contributed by atoms with Crippen LogP contribution in [0.15, 0.2) is 78.9 Å². The van der Waals surface area contributed by atoms with E-state index in [4.69, 9.17) is 10.5 Å². The Hall–Kier alpha value is -4.59. The summed E-state index contributed by atoms with van der Waals surface area (Å²) in [4.78, 5) is 38.1. The zero-order chi connectivity index (χ0) is 23.2. The highest BCUT2D eigenvalue weighted by Gasteiger charge is 2.19. The molecule has 164 valence electrons. The van der Waals surface area contributed by atoms with Gasteiger partial charge in [0, 0.05) is 16.8 Å². The van der Waals surface area contributed by atoms with Gasteiger partial charge in [-0.15, -0.1) is 0 Å². The first-order valence-electron chi connectivity index (χ1n) is 10.2. The van der Waals surface area contributed by atoms with Gasteiger partial charge in [-0.05, 0) is 24.6 Å². The minimum Gasteiger partial charge on any atom is -0.454 e. The summed E-state index contributed by atoms with van der Waals surface area (Å²) in [5.41, 5.74) is 8.53. The van der Waals surface area contributed by atoms with Crippen LogP contribution in [0.3, 0.4) is 0 Å². The Morgan fingerprint density at radius 3 is 2.27 bits per heavy atom. The van der Waals surface area contributed by atoms with E-state index in [2.05, 4.69) is 20.3 Å². The van der Waals surface area contributed by atoms with E-state index in [1.807, 2.05) is 37.3 Å². The van der Waals surface area contributed by atoms with Crippen molar-refractivity contribution < 1.29 is 14.3 Å². The molecule has 0 amide bonds. The van der Waals surface area contributed by atoms with Gasteiger partial charge in [0.05, 0.1) is 5.56 Å². The van der Waals surface area contributed by atoms with Crippen LogP contribution in [-0.2, 0) is 11.3 Å². The number of hydrogen-bond donors (Lipinski definition) is 2. The van der Waals surface area contributed by atoms with Gasteiger partial charge in [-0.3, -0.25) is 4.79 Å². The Morgan fingerprint density at radius 1 is 0.848 bits per heavy atom. The number of ether oxygens (including phenoxy) is 1. The lowest BCUT2D eigenvalue weighted by Crippen LogP contribution is -2.14. The molecule has 0 radical (unpaired) electrons. The first-order chi connectivity index (χ1) is 16.0. The van der Waals surface area contributed by atoms with Crippen LogP contribution in [0.4, 0.5) is 17.6 Å². The molecule has 8 nitrogen and oxygen atoms in total.